The first-order chi connectivity index (χ1) is 10.5. The summed E-state index contributed by atoms with van der Waals surface area (Å²) in [6.45, 7) is 5.83. The lowest BCUT2D eigenvalue weighted by atomic mass is 9.75. The largest absolute Gasteiger partial charge is 0.389 e. The van der Waals surface area contributed by atoms with Gasteiger partial charge in [0.2, 0.25) is 0 Å². The number of ether oxygens (including phenoxy) is 1. The Labute approximate surface area is 131 Å². The van der Waals surface area contributed by atoms with Crippen LogP contribution in [0.4, 0.5) is 5.69 Å². The number of amides is 1. The summed E-state index contributed by atoms with van der Waals surface area (Å²) in [6.07, 6.45) is 4.67. The third kappa shape index (κ3) is 2.36. The second-order valence-corrected chi connectivity index (χ2v) is 6.45. The van der Waals surface area contributed by atoms with E-state index >= 15 is 0 Å². The van der Waals surface area contributed by atoms with Gasteiger partial charge in [0.25, 0.3) is 5.91 Å². The molecule has 1 spiro atoms. The number of fused-ring (bicyclic) bond motifs is 2. The van der Waals surface area contributed by atoms with Gasteiger partial charge in [-0.1, -0.05) is 37.6 Å². The van der Waals surface area contributed by atoms with Gasteiger partial charge in [0, 0.05) is 24.1 Å². The summed E-state index contributed by atoms with van der Waals surface area (Å²) in [5, 5.41) is 13.9. The highest BCUT2D eigenvalue weighted by atomic mass is 16.5. The van der Waals surface area contributed by atoms with Crippen molar-refractivity contribution >= 4 is 11.6 Å². The molecule has 3 rings (SSSR count). The molecule has 3 atom stereocenters. The number of anilines is 1. The average molecular weight is 301 g/mol. The monoisotopic (exact) mass is 301 g/mol. The van der Waals surface area contributed by atoms with Gasteiger partial charge in [0.1, 0.15) is 0 Å². The lowest BCUT2D eigenvalue weighted by Crippen LogP contribution is -2.53. The molecule has 3 unspecified atom stereocenters. The maximum atomic E-state index is 12.7. The summed E-state index contributed by atoms with van der Waals surface area (Å²) in [5.41, 5.74) is -0.407. The van der Waals surface area contributed by atoms with Crippen LogP contribution in [-0.2, 0) is 15.1 Å². The van der Waals surface area contributed by atoms with E-state index in [2.05, 4.69) is 18.8 Å². The van der Waals surface area contributed by atoms with E-state index in [1.165, 1.54) is 0 Å². The molecular formula is C18H23NO3. The average Bonchev–Trinajstić information content (AvgIpc) is 2.71. The molecule has 2 aliphatic heterocycles. The second kappa shape index (κ2) is 5.52. The van der Waals surface area contributed by atoms with E-state index in [-0.39, 0.29) is 18.4 Å². The fourth-order valence-electron chi connectivity index (χ4n) is 3.82. The molecule has 0 saturated carbocycles. The SMILES string of the molecule is C=CCC1(O)CC(CCC)OC2(C1)C(=O)Nc1ccccc12. The predicted molar refractivity (Wildman–Crippen MR) is 85.5 cm³/mol. The van der Waals surface area contributed by atoms with Gasteiger partial charge >= 0.3 is 0 Å². The van der Waals surface area contributed by atoms with Crippen molar-refractivity contribution in [3.8, 4) is 0 Å². The summed E-state index contributed by atoms with van der Waals surface area (Å²) < 4.78 is 6.25. The number of nitrogens with one attached hydrogen (secondary N) is 1. The van der Waals surface area contributed by atoms with Crippen LogP contribution in [0.3, 0.4) is 0 Å². The van der Waals surface area contributed by atoms with Crippen molar-refractivity contribution in [3.05, 3.63) is 42.5 Å². The molecule has 1 saturated heterocycles. The molecule has 4 heteroatoms. The molecule has 0 bridgehead atoms. The Hall–Kier alpha value is -1.65. The summed E-state index contributed by atoms with van der Waals surface area (Å²) >= 11 is 0. The zero-order valence-corrected chi connectivity index (χ0v) is 13.0. The molecule has 4 nitrogen and oxygen atoms in total. The zero-order valence-electron chi connectivity index (χ0n) is 13.0. The lowest BCUT2D eigenvalue weighted by molar-refractivity contribution is -0.201. The number of rotatable bonds is 4. The van der Waals surface area contributed by atoms with E-state index in [1.807, 2.05) is 24.3 Å². The van der Waals surface area contributed by atoms with Crippen LogP contribution in [0.25, 0.3) is 0 Å². The normalized spacial score (nSPS) is 33.5. The van der Waals surface area contributed by atoms with Crippen LogP contribution in [-0.4, -0.2) is 22.7 Å². The molecule has 0 aliphatic carbocycles. The number of hydrogen-bond donors (Lipinski definition) is 2. The quantitative estimate of drug-likeness (QED) is 0.840. The Morgan fingerprint density at radius 2 is 2.27 bits per heavy atom. The van der Waals surface area contributed by atoms with E-state index in [0.717, 1.165) is 24.1 Å². The molecule has 2 N–H and O–H groups in total. The molecule has 1 fully saturated rings. The molecular weight excluding hydrogens is 278 g/mol. The van der Waals surface area contributed by atoms with Crippen molar-refractivity contribution < 1.29 is 14.6 Å². The van der Waals surface area contributed by atoms with Crippen molar-refractivity contribution in [2.75, 3.05) is 5.32 Å². The lowest BCUT2D eigenvalue weighted by Gasteiger charge is -2.45. The van der Waals surface area contributed by atoms with Crippen LogP contribution in [0.2, 0.25) is 0 Å². The number of aliphatic hydroxyl groups is 1. The van der Waals surface area contributed by atoms with Crippen LogP contribution in [0.5, 0.6) is 0 Å². The van der Waals surface area contributed by atoms with E-state index in [1.54, 1.807) is 6.08 Å². The fraction of sp³-hybridized carbons (Fsp3) is 0.500. The van der Waals surface area contributed by atoms with Gasteiger partial charge in [-0.15, -0.1) is 6.58 Å². The summed E-state index contributed by atoms with van der Waals surface area (Å²) in [4.78, 5) is 12.7. The summed E-state index contributed by atoms with van der Waals surface area (Å²) in [7, 11) is 0. The van der Waals surface area contributed by atoms with Crippen LogP contribution in [0, 0.1) is 0 Å². The van der Waals surface area contributed by atoms with Crippen LogP contribution in [0.15, 0.2) is 36.9 Å². The third-order valence-corrected chi connectivity index (χ3v) is 4.67. The Balaban J connectivity index is 2.04. The van der Waals surface area contributed by atoms with Gasteiger partial charge in [-0.25, -0.2) is 0 Å². The Kier molecular flexibility index (Phi) is 3.83. The number of carbonyl (C=O) groups is 1. The van der Waals surface area contributed by atoms with Gasteiger partial charge in [-0.05, 0) is 18.9 Å². The number of carbonyl (C=O) groups excluding carboxylic acids is 1. The maximum Gasteiger partial charge on any atom is 0.261 e. The van der Waals surface area contributed by atoms with E-state index in [4.69, 9.17) is 4.74 Å². The summed E-state index contributed by atoms with van der Waals surface area (Å²) in [6, 6.07) is 7.58. The van der Waals surface area contributed by atoms with Gasteiger partial charge in [-0.2, -0.15) is 0 Å². The van der Waals surface area contributed by atoms with Crippen molar-refractivity contribution in [3.63, 3.8) is 0 Å². The van der Waals surface area contributed by atoms with Gasteiger partial charge in [0.15, 0.2) is 5.60 Å². The molecule has 0 radical (unpaired) electrons. The molecule has 1 amide bonds. The first kappa shape index (κ1) is 15.3. The van der Waals surface area contributed by atoms with E-state index < -0.39 is 11.2 Å². The minimum atomic E-state index is -1.08. The molecule has 118 valence electrons. The summed E-state index contributed by atoms with van der Waals surface area (Å²) in [5.74, 6) is -0.169. The predicted octanol–water partition coefficient (Wildman–Crippen LogP) is 3.12. The smallest absolute Gasteiger partial charge is 0.261 e. The fourth-order valence-corrected chi connectivity index (χ4v) is 3.82. The molecule has 2 heterocycles. The minimum Gasteiger partial charge on any atom is -0.389 e. The Morgan fingerprint density at radius 3 is 3.00 bits per heavy atom. The third-order valence-electron chi connectivity index (χ3n) is 4.67. The van der Waals surface area contributed by atoms with Crippen molar-refractivity contribution in [2.45, 2.75) is 56.3 Å². The molecule has 1 aromatic rings. The maximum absolute atomic E-state index is 12.7. The van der Waals surface area contributed by atoms with E-state index in [9.17, 15) is 9.90 Å². The highest BCUT2D eigenvalue weighted by Crippen LogP contribution is 2.50. The second-order valence-electron chi connectivity index (χ2n) is 6.45. The van der Waals surface area contributed by atoms with Crippen molar-refractivity contribution in [2.24, 2.45) is 0 Å². The molecule has 2 aliphatic rings. The van der Waals surface area contributed by atoms with Gasteiger partial charge in [-0.3, -0.25) is 4.79 Å². The zero-order chi connectivity index (χ0) is 15.8. The highest BCUT2D eigenvalue weighted by Gasteiger charge is 2.56. The highest BCUT2D eigenvalue weighted by molar-refractivity contribution is 6.05. The molecule has 22 heavy (non-hydrogen) atoms. The van der Waals surface area contributed by atoms with Gasteiger partial charge in [0.05, 0.1) is 11.7 Å². The number of hydrogen-bond acceptors (Lipinski definition) is 3. The van der Waals surface area contributed by atoms with Crippen molar-refractivity contribution in [1.29, 1.82) is 0 Å². The molecule has 0 aromatic heterocycles. The molecule has 1 aromatic carbocycles. The Bertz CT molecular complexity index is 600. The van der Waals surface area contributed by atoms with Crippen LogP contribution < -0.4 is 5.32 Å². The van der Waals surface area contributed by atoms with Crippen molar-refractivity contribution in [1.82, 2.24) is 0 Å². The first-order valence-electron chi connectivity index (χ1n) is 7.95. The number of para-hydroxylation sites is 1. The van der Waals surface area contributed by atoms with Crippen LogP contribution >= 0.6 is 0 Å². The van der Waals surface area contributed by atoms with Crippen LogP contribution in [0.1, 0.15) is 44.6 Å². The number of benzene rings is 1. The minimum absolute atomic E-state index is 0.124. The topological polar surface area (TPSA) is 58.6 Å². The van der Waals surface area contributed by atoms with E-state index in [0.29, 0.717) is 12.8 Å². The van der Waals surface area contributed by atoms with Gasteiger partial charge < -0.3 is 15.2 Å². The Morgan fingerprint density at radius 1 is 1.50 bits per heavy atom. The first-order valence-corrected chi connectivity index (χ1v) is 7.95. The standard InChI is InChI=1S/C18H23NO3/c1-3-7-13-11-17(21,10-4-2)12-18(22-13)14-8-5-6-9-15(14)19-16(18)20/h4-6,8-9,13,21H,2-3,7,10-12H2,1H3,(H,19,20).